The Bertz CT molecular complexity index is 95.4. The summed E-state index contributed by atoms with van der Waals surface area (Å²) in [7, 11) is 0. The van der Waals surface area contributed by atoms with Gasteiger partial charge in [0.2, 0.25) is 0 Å². The lowest BCUT2D eigenvalue weighted by Crippen LogP contribution is -2.29. The van der Waals surface area contributed by atoms with Gasteiger partial charge < -0.3 is 4.74 Å². The van der Waals surface area contributed by atoms with Crippen molar-refractivity contribution >= 4 is 22.6 Å². The van der Waals surface area contributed by atoms with E-state index in [-0.39, 0.29) is 0 Å². The van der Waals surface area contributed by atoms with Crippen LogP contribution in [0.15, 0.2) is 0 Å². The van der Waals surface area contributed by atoms with Gasteiger partial charge in [-0.2, -0.15) is 0 Å². The molecule has 60 valence electrons. The molecule has 1 aliphatic heterocycles. The highest BCUT2D eigenvalue weighted by Crippen LogP contribution is 2.25. The van der Waals surface area contributed by atoms with Crippen molar-refractivity contribution in [1.82, 2.24) is 0 Å². The van der Waals surface area contributed by atoms with Crippen molar-refractivity contribution in [3.05, 3.63) is 0 Å². The van der Waals surface area contributed by atoms with Crippen LogP contribution < -0.4 is 0 Å². The monoisotopic (exact) mass is 254 g/mol. The summed E-state index contributed by atoms with van der Waals surface area (Å²) in [5.41, 5.74) is 0. The van der Waals surface area contributed by atoms with Crippen molar-refractivity contribution < 1.29 is 4.74 Å². The van der Waals surface area contributed by atoms with Gasteiger partial charge in [-0.05, 0) is 32.6 Å². The summed E-state index contributed by atoms with van der Waals surface area (Å²) in [4.78, 5) is 0. The minimum atomic E-state index is 0.489. The quantitative estimate of drug-likeness (QED) is 0.516. The molecule has 0 N–H and O–H groups in total. The largest absolute Gasteiger partial charge is 0.376 e. The second-order valence-electron chi connectivity index (χ2n) is 3.25. The van der Waals surface area contributed by atoms with E-state index in [1.54, 1.807) is 0 Å². The third-order valence-electron chi connectivity index (χ3n) is 2.01. The minimum Gasteiger partial charge on any atom is -0.376 e. The summed E-state index contributed by atoms with van der Waals surface area (Å²) >= 11 is 2.47. The molecule has 1 aliphatic rings. The van der Waals surface area contributed by atoms with Crippen molar-refractivity contribution in [2.75, 3.05) is 4.43 Å². The van der Waals surface area contributed by atoms with Crippen molar-refractivity contribution in [3.8, 4) is 0 Å². The lowest BCUT2D eigenvalue weighted by Gasteiger charge is -2.30. The average Bonchev–Trinajstić information content (AvgIpc) is 1.85. The van der Waals surface area contributed by atoms with E-state index in [9.17, 15) is 0 Å². The summed E-state index contributed by atoms with van der Waals surface area (Å²) in [6, 6.07) is 0. The second-order valence-corrected chi connectivity index (χ2v) is 4.13. The van der Waals surface area contributed by atoms with E-state index in [4.69, 9.17) is 4.74 Å². The molecule has 1 heterocycles. The van der Waals surface area contributed by atoms with Crippen LogP contribution in [0, 0.1) is 5.92 Å². The lowest BCUT2D eigenvalue weighted by molar-refractivity contribution is -0.0471. The van der Waals surface area contributed by atoms with Gasteiger partial charge in [-0.3, -0.25) is 0 Å². The molecule has 2 heteroatoms. The maximum Gasteiger partial charge on any atom is 0.0553 e. The van der Waals surface area contributed by atoms with Crippen LogP contribution in [0.3, 0.4) is 0 Å². The first-order valence-corrected chi connectivity index (χ1v) is 5.46. The fourth-order valence-electron chi connectivity index (χ4n) is 1.67. The minimum absolute atomic E-state index is 0.489. The molecule has 0 aromatic carbocycles. The van der Waals surface area contributed by atoms with E-state index in [1.807, 2.05) is 0 Å². The van der Waals surface area contributed by atoms with Crippen LogP contribution in [0.1, 0.15) is 26.7 Å². The SMILES string of the molecule is CC1CC(CI)CC(C)O1. The highest BCUT2D eigenvalue weighted by atomic mass is 127. The summed E-state index contributed by atoms with van der Waals surface area (Å²) in [5, 5.41) is 0. The summed E-state index contributed by atoms with van der Waals surface area (Å²) in [5.74, 6) is 0.902. The van der Waals surface area contributed by atoms with E-state index in [2.05, 4.69) is 36.4 Å². The fraction of sp³-hybridized carbons (Fsp3) is 1.00. The Hall–Kier alpha value is 0.690. The van der Waals surface area contributed by atoms with Gasteiger partial charge in [-0.25, -0.2) is 0 Å². The standard InChI is InChI=1S/C8H15IO/c1-6-3-8(5-9)4-7(2)10-6/h6-8H,3-5H2,1-2H3. The van der Waals surface area contributed by atoms with E-state index >= 15 is 0 Å². The fourth-order valence-corrected chi connectivity index (χ4v) is 2.39. The maximum absolute atomic E-state index is 5.61. The van der Waals surface area contributed by atoms with Crippen molar-refractivity contribution in [2.24, 2.45) is 5.92 Å². The van der Waals surface area contributed by atoms with Gasteiger partial charge in [-0.1, -0.05) is 22.6 Å². The molecule has 0 aliphatic carbocycles. The Labute approximate surface area is 76.7 Å². The predicted molar refractivity (Wildman–Crippen MR) is 51.6 cm³/mol. The first kappa shape index (κ1) is 8.78. The molecule has 1 saturated heterocycles. The van der Waals surface area contributed by atoms with Gasteiger partial charge in [0.15, 0.2) is 0 Å². The molecule has 1 fully saturated rings. The Balaban J connectivity index is 2.35. The summed E-state index contributed by atoms with van der Waals surface area (Å²) in [6.07, 6.45) is 3.49. The summed E-state index contributed by atoms with van der Waals surface area (Å²) in [6.45, 7) is 4.35. The second kappa shape index (κ2) is 3.90. The van der Waals surface area contributed by atoms with Gasteiger partial charge in [0, 0.05) is 4.43 Å². The van der Waals surface area contributed by atoms with Crippen LogP contribution >= 0.6 is 22.6 Å². The van der Waals surface area contributed by atoms with E-state index < -0.39 is 0 Å². The highest BCUT2D eigenvalue weighted by Gasteiger charge is 2.22. The van der Waals surface area contributed by atoms with Gasteiger partial charge in [0.25, 0.3) is 0 Å². The van der Waals surface area contributed by atoms with Crippen LogP contribution in [-0.4, -0.2) is 16.6 Å². The Morgan fingerprint density at radius 2 is 1.80 bits per heavy atom. The zero-order chi connectivity index (χ0) is 7.56. The van der Waals surface area contributed by atoms with Gasteiger partial charge in [0.1, 0.15) is 0 Å². The number of halogens is 1. The third-order valence-corrected chi connectivity index (χ3v) is 3.26. The molecule has 2 unspecified atom stereocenters. The van der Waals surface area contributed by atoms with Gasteiger partial charge >= 0.3 is 0 Å². The Kier molecular flexibility index (Phi) is 3.43. The molecule has 10 heavy (non-hydrogen) atoms. The topological polar surface area (TPSA) is 9.23 Å². The molecular formula is C8H15IO. The normalized spacial score (nSPS) is 41.7. The van der Waals surface area contributed by atoms with Crippen LogP contribution in [0.5, 0.6) is 0 Å². The molecule has 0 amide bonds. The number of hydrogen-bond donors (Lipinski definition) is 0. The molecule has 0 aromatic heterocycles. The molecule has 0 spiro atoms. The summed E-state index contributed by atoms with van der Waals surface area (Å²) < 4.78 is 6.90. The molecule has 1 nitrogen and oxygen atoms in total. The van der Waals surface area contributed by atoms with E-state index in [0.717, 1.165) is 5.92 Å². The Morgan fingerprint density at radius 3 is 2.20 bits per heavy atom. The van der Waals surface area contributed by atoms with Crippen molar-refractivity contribution in [2.45, 2.75) is 38.9 Å². The smallest absolute Gasteiger partial charge is 0.0553 e. The number of alkyl halides is 1. The Morgan fingerprint density at radius 1 is 1.30 bits per heavy atom. The van der Waals surface area contributed by atoms with Crippen LogP contribution in [0.25, 0.3) is 0 Å². The lowest BCUT2D eigenvalue weighted by atomic mass is 9.95. The molecule has 0 aromatic rings. The maximum atomic E-state index is 5.61. The zero-order valence-electron chi connectivity index (χ0n) is 6.64. The van der Waals surface area contributed by atoms with Crippen LogP contribution in [-0.2, 0) is 4.74 Å². The average molecular weight is 254 g/mol. The molecular weight excluding hydrogens is 239 g/mol. The van der Waals surface area contributed by atoms with Crippen LogP contribution in [0.2, 0.25) is 0 Å². The number of ether oxygens (including phenoxy) is 1. The van der Waals surface area contributed by atoms with Crippen molar-refractivity contribution in [1.29, 1.82) is 0 Å². The van der Waals surface area contributed by atoms with Gasteiger partial charge in [-0.15, -0.1) is 0 Å². The molecule has 1 rings (SSSR count). The van der Waals surface area contributed by atoms with E-state index in [0.29, 0.717) is 12.2 Å². The number of hydrogen-bond acceptors (Lipinski definition) is 1. The first-order valence-electron chi connectivity index (χ1n) is 3.93. The van der Waals surface area contributed by atoms with Crippen LogP contribution in [0.4, 0.5) is 0 Å². The molecule has 0 saturated carbocycles. The zero-order valence-corrected chi connectivity index (χ0v) is 8.80. The molecule has 0 bridgehead atoms. The highest BCUT2D eigenvalue weighted by molar-refractivity contribution is 14.1. The third kappa shape index (κ3) is 2.38. The first-order chi connectivity index (χ1) is 4.72. The molecule has 0 radical (unpaired) electrons. The van der Waals surface area contributed by atoms with Crippen molar-refractivity contribution in [3.63, 3.8) is 0 Å². The molecule has 2 atom stereocenters. The predicted octanol–water partition coefficient (Wildman–Crippen LogP) is 2.63. The number of rotatable bonds is 1. The van der Waals surface area contributed by atoms with Gasteiger partial charge in [0.05, 0.1) is 12.2 Å². The van der Waals surface area contributed by atoms with E-state index in [1.165, 1.54) is 17.3 Å².